The molecule has 0 spiro atoms. The van der Waals surface area contributed by atoms with Gasteiger partial charge in [-0.1, -0.05) is 47.6 Å². The van der Waals surface area contributed by atoms with Crippen molar-refractivity contribution in [3.63, 3.8) is 0 Å². The number of likely N-dealkylation sites (tertiary alicyclic amines) is 1. The number of carbonyl (C=O) groups excluding carboxylic acids is 3. The molecule has 1 N–H and O–H groups in total. The number of para-hydroxylation sites is 1. The van der Waals surface area contributed by atoms with Crippen LogP contribution in [0.1, 0.15) is 12.8 Å². The summed E-state index contributed by atoms with van der Waals surface area (Å²) in [5.74, 6) is -1.53. The first kappa shape index (κ1) is 19.7. The first-order chi connectivity index (χ1) is 14.0. The Morgan fingerprint density at radius 1 is 1.00 bits per heavy atom. The van der Waals surface area contributed by atoms with Crippen molar-refractivity contribution in [2.45, 2.75) is 22.6 Å². The highest BCUT2D eigenvalue weighted by molar-refractivity contribution is 7.99. The fourth-order valence-corrected chi connectivity index (χ4v) is 4.67. The predicted molar refractivity (Wildman–Crippen MR) is 113 cm³/mol. The highest BCUT2D eigenvalue weighted by Gasteiger charge is 2.47. The first-order valence-electron chi connectivity index (χ1n) is 9.35. The van der Waals surface area contributed by atoms with E-state index in [1.807, 2.05) is 54.6 Å². The molecule has 2 aliphatic rings. The summed E-state index contributed by atoms with van der Waals surface area (Å²) in [4.78, 5) is 40.7. The molecule has 29 heavy (non-hydrogen) atoms. The van der Waals surface area contributed by atoms with Crippen molar-refractivity contribution >= 4 is 46.8 Å². The minimum Gasteiger partial charge on any atom is -0.323 e. The minimum absolute atomic E-state index is 0.247. The molecule has 2 atom stereocenters. The largest absolute Gasteiger partial charge is 0.323 e. The van der Waals surface area contributed by atoms with E-state index in [-0.39, 0.29) is 36.1 Å². The van der Waals surface area contributed by atoms with Crippen LogP contribution >= 0.6 is 23.4 Å². The van der Waals surface area contributed by atoms with Gasteiger partial charge in [0, 0.05) is 14.8 Å². The molecule has 2 aromatic carbocycles. The third-order valence-electron chi connectivity index (χ3n) is 5.10. The van der Waals surface area contributed by atoms with E-state index >= 15 is 0 Å². The van der Waals surface area contributed by atoms with Crippen molar-refractivity contribution in [1.82, 2.24) is 4.90 Å². The van der Waals surface area contributed by atoms with Crippen LogP contribution in [0.4, 0.5) is 5.69 Å². The molecule has 5 nitrogen and oxygen atoms in total. The lowest BCUT2D eigenvalue weighted by Crippen LogP contribution is -2.38. The number of fused-ring (bicyclic) bond motifs is 1. The van der Waals surface area contributed by atoms with Crippen molar-refractivity contribution in [3.05, 3.63) is 65.7 Å². The molecular formula is C22H19ClN2O3S. The number of allylic oxidation sites excluding steroid dienone is 2. The van der Waals surface area contributed by atoms with Gasteiger partial charge in [0.2, 0.25) is 17.7 Å². The van der Waals surface area contributed by atoms with E-state index in [9.17, 15) is 14.4 Å². The number of rotatable bonds is 5. The zero-order chi connectivity index (χ0) is 20.4. The summed E-state index contributed by atoms with van der Waals surface area (Å²) in [6.45, 7) is -0.259. The molecule has 0 saturated carbocycles. The van der Waals surface area contributed by atoms with Gasteiger partial charge in [0.15, 0.2) is 0 Å². The Balaban J connectivity index is 1.44. The van der Waals surface area contributed by atoms with Gasteiger partial charge in [-0.05, 0) is 49.2 Å². The van der Waals surface area contributed by atoms with E-state index in [0.29, 0.717) is 23.6 Å². The summed E-state index contributed by atoms with van der Waals surface area (Å²) < 4.78 is 0. The molecule has 0 aromatic heterocycles. The first-order valence-corrected chi connectivity index (χ1v) is 10.5. The molecule has 3 amide bonds. The lowest BCUT2D eigenvalue weighted by molar-refractivity contribution is -0.142. The van der Waals surface area contributed by atoms with E-state index in [1.54, 1.807) is 6.07 Å². The molecular weight excluding hydrogens is 408 g/mol. The second kappa shape index (κ2) is 8.43. The number of hydrogen-bond donors (Lipinski definition) is 1. The Hall–Kier alpha value is -2.57. The van der Waals surface area contributed by atoms with E-state index in [1.165, 1.54) is 11.8 Å². The molecule has 1 heterocycles. The topological polar surface area (TPSA) is 66.5 Å². The van der Waals surface area contributed by atoms with Gasteiger partial charge in [0.25, 0.3) is 0 Å². The highest BCUT2D eigenvalue weighted by Crippen LogP contribution is 2.36. The summed E-state index contributed by atoms with van der Waals surface area (Å²) in [7, 11) is 0. The lowest BCUT2D eigenvalue weighted by atomic mass is 9.85. The molecule has 0 unspecified atom stereocenters. The molecule has 0 radical (unpaired) electrons. The zero-order valence-electron chi connectivity index (χ0n) is 15.5. The second-order valence-corrected chi connectivity index (χ2v) is 8.57. The van der Waals surface area contributed by atoms with Crippen LogP contribution in [0.2, 0.25) is 5.02 Å². The maximum atomic E-state index is 12.6. The number of carbonyl (C=O) groups is 3. The number of nitrogens with zero attached hydrogens (tertiary/aromatic N) is 1. The Bertz CT molecular complexity index is 964. The average Bonchev–Trinajstić information content (AvgIpc) is 2.96. The summed E-state index contributed by atoms with van der Waals surface area (Å²) in [6.07, 6.45) is 4.99. The van der Waals surface area contributed by atoms with Crippen LogP contribution in [0.25, 0.3) is 0 Å². The molecule has 1 fully saturated rings. The van der Waals surface area contributed by atoms with Crippen molar-refractivity contribution in [2.75, 3.05) is 11.9 Å². The van der Waals surface area contributed by atoms with Crippen LogP contribution in [0.15, 0.2) is 70.5 Å². The quantitative estimate of drug-likeness (QED) is 0.569. The lowest BCUT2D eigenvalue weighted by Gasteiger charge is -2.16. The summed E-state index contributed by atoms with van der Waals surface area (Å²) >= 11 is 7.43. The molecule has 2 aromatic rings. The zero-order valence-corrected chi connectivity index (χ0v) is 17.1. The Labute approximate surface area is 178 Å². The van der Waals surface area contributed by atoms with Crippen molar-refractivity contribution in [3.8, 4) is 0 Å². The number of anilines is 1. The monoisotopic (exact) mass is 426 g/mol. The van der Waals surface area contributed by atoms with E-state index in [0.717, 1.165) is 14.7 Å². The normalized spacial score (nSPS) is 20.7. The molecule has 148 valence electrons. The number of benzene rings is 2. The third kappa shape index (κ3) is 4.23. The highest BCUT2D eigenvalue weighted by atomic mass is 35.5. The molecule has 1 aliphatic heterocycles. The van der Waals surface area contributed by atoms with E-state index < -0.39 is 0 Å². The van der Waals surface area contributed by atoms with Gasteiger partial charge in [0.05, 0.1) is 17.5 Å². The standard InChI is InChI=1S/C22H19ClN2O3S/c23-14-9-11-15(12-10-14)29-19-8-4-3-7-18(19)24-20(26)13-25-21(27)16-5-1-2-6-17(16)22(25)28/h1-4,7-12,16-17H,5-6,13H2,(H,24,26)/t16-,17-/m1/s1. The molecule has 1 aliphatic carbocycles. The van der Waals surface area contributed by atoms with Crippen LogP contribution in [0.5, 0.6) is 0 Å². The Morgan fingerprint density at radius 2 is 1.62 bits per heavy atom. The van der Waals surface area contributed by atoms with Gasteiger partial charge >= 0.3 is 0 Å². The van der Waals surface area contributed by atoms with E-state index in [2.05, 4.69) is 5.32 Å². The van der Waals surface area contributed by atoms with Crippen LogP contribution in [-0.4, -0.2) is 29.2 Å². The van der Waals surface area contributed by atoms with Crippen molar-refractivity contribution < 1.29 is 14.4 Å². The predicted octanol–water partition coefficient (Wildman–Crippen LogP) is 4.38. The number of halogens is 1. The molecule has 1 saturated heterocycles. The van der Waals surface area contributed by atoms with Gasteiger partial charge in [-0.15, -0.1) is 0 Å². The summed E-state index contributed by atoms with van der Waals surface area (Å²) in [5.41, 5.74) is 0.635. The Morgan fingerprint density at radius 3 is 2.28 bits per heavy atom. The third-order valence-corrected chi connectivity index (χ3v) is 6.44. The average molecular weight is 427 g/mol. The Kier molecular flexibility index (Phi) is 5.74. The van der Waals surface area contributed by atoms with Gasteiger partial charge in [0.1, 0.15) is 6.54 Å². The van der Waals surface area contributed by atoms with Crippen molar-refractivity contribution in [1.29, 1.82) is 0 Å². The maximum Gasteiger partial charge on any atom is 0.244 e. The van der Waals surface area contributed by atoms with Gasteiger partial charge in [-0.3, -0.25) is 19.3 Å². The van der Waals surface area contributed by atoms with Crippen LogP contribution in [0.3, 0.4) is 0 Å². The number of amides is 3. The maximum absolute atomic E-state index is 12.6. The SMILES string of the molecule is O=C(CN1C(=O)[C@@H]2CC=CC[C@H]2C1=O)Nc1ccccc1Sc1ccc(Cl)cc1. The van der Waals surface area contributed by atoms with Crippen LogP contribution in [0, 0.1) is 11.8 Å². The second-order valence-electron chi connectivity index (χ2n) is 7.02. The number of nitrogens with one attached hydrogen (secondary N) is 1. The van der Waals surface area contributed by atoms with Crippen LogP contribution < -0.4 is 5.32 Å². The fourth-order valence-electron chi connectivity index (χ4n) is 3.65. The van der Waals surface area contributed by atoms with Gasteiger partial charge in [-0.2, -0.15) is 0 Å². The minimum atomic E-state index is -0.387. The molecule has 4 rings (SSSR count). The molecule has 0 bridgehead atoms. The van der Waals surface area contributed by atoms with Gasteiger partial charge in [-0.25, -0.2) is 0 Å². The van der Waals surface area contributed by atoms with Crippen molar-refractivity contribution in [2.24, 2.45) is 11.8 Å². The number of hydrogen-bond acceptors (Lipinski definition) is 4. The number of imide groups is 1. The smallest absolute Gasteiger partial charge is 0.244 e. The van der Waals surface area contributed by atoms with Gasteiger partial charge < -0.3 is 5.32 Å². The fraction of sp³-hybridized carbons (Fsp3) is 0.227. The molecule has 7 heteroatoms. The summed E-state index contributed by atoms with van der Waals surface area (Å²) in [5, 5.41) is 3.50. The summed E-state index contributed by atoms with van der Waals surface area (Å²) in [6, 6.07) is 14.8. The van der Waals surface area contributed by atoms with Crippen LogP contribution in [-0.2, 0) is 14.4 Å². The van der Waals surface area contributed by atoms with E-state index in [4.69, 9.17) is 11.6 Å².